The fraction of sp³-hybridized carbons (Fsp3) is 0.263. The van der Waals surface area contributed by atoms with Crippen LogP contribution in [0.3, 0.4) is 0 Å². The third kappa shape index (κ3) is 5.10. The van der Waals surface area contributed by atoms with Gasteiger partial charge in [-0.25, -0.2) is 4.79 Å². The molecule has 0 radical (unpaired) electrons. The van der Waals surface area contributed by atoms with Crippen LogP contribution in [-0.4, -0.2) is 18.5 Å². The lowest BCUT2D eigenvalue weighted by atomic mass is 9.97. The van der Waals surface area contributed by atoms with E-state index in [9.17, 15) is 9.59 Å². The first kappa shape index (κ1) is 18.0. The first-order valence-electron chi connectivity index (χ1n) is 7.90. The number of carbonyl (C=O) groups excluding carboxylic acids is 2. The highest BCUT2D eigenvalue weighted by molar-refractivity contribution is 6.30. The van der Waals surface area contributed by atoms with Crippen molar-refractivity contribution in [2.45, 2.75) is 25.8 Å². The van der Waals surface area contributed by atoms with Crippen molar-refractivity contribution in [1.82, 2.24) is 5.32 Å². The SMILES string of the molecule is CCCCOC(=O)NC(C(=O)c1ccccc1)c1ccc(Cl)cc1. The van der Waals surface area contributed by atoms with Crippen LogP contribution in [0.4, 0.5) is 4.79 Å². The maximum atomic E-state index is 12.8. The smallest absolute Gasteiger partial charge is 0.407 e. The summed E-state index contributed by atoms with van der Waals surface area (Å²) in [5.41, 5.74) is 1.17. The van der Waals surface area contributed by atoms with Crippen molar-refractivity contribution in [3.8, 4) is 0 Å². The van der Waals surface area contributed by atoms with Crippen LogP contribution in [-0.2, 0) is 4.74 Å². The van der Waals surface area contributed by atoms with Crippen LogP contribution in [0.2, 0.25) is 5.02 Å². The molecule has 0 aliphatic heterocycles. The summed E-state index contributed by atoms with van der Waals surface area (Å²) in [6, 6.07) is 14.8. The van der Waals surface area contributed by atoms with Gasteiger partial charge in [0.05, 0.1) is 6.61 Å². The number of amides is 1. The Hall–Kier alpha value is -2.33. The summed E-state index contributed by atoms with van der Waals surface area (Å²) in [6.45, 7) is 2.34. The highest BCUT2D eigenvalue weighted by Crippen LogP contribution is 2.21. The molecular formula is C19H20ClNO3. The number of alkyl carbamates (subject to hydrolysis) is 1. The molecule has 2 aromatic rings. The molecule has 0 spiro atoms. The van der Waals surface area contributed by atoms with Gasteiger partial charge in [0.2, 0.25) is 0 Å². The van der Waals surface area contributed by atoms with Crippen LogP contribution in [0, 0.1) is 0 Å². The minimum absolute atomic E-state index is 0.203. The lowest BCUT2D eigenvalue weighted by molar-refractivity contribution is 0.0920. The molecule has 0 fully saturated rings. The van der Waals surface area contributed by atoms with Gasteiger partial charge >= 0.3 is 6.09 Å². The van der Waals surface area contributed by atoms with Gasteiger partial charge in [0.15, 0.2) is 5.78 Å². The van der Waals surface area contributed by atoms with Gasteiger partial charge in [-0.2, -0.15) is 0 Å². The lowest BCUT2D eigenvalue weighted by Gasteiger charge is -2.18. The molecule has 0 bridgehead atoms. The van der Waals surface area contributed by atoms with Gasteiger partial charge in [0.25, 0.3) is 0 Å². The number of halogens is 1. The Labute approximate surface area is 146 Å². The maximum Gasteiger partial charge on any atom is 0.407 e. The van der Waals surface area contributed by atoms with E-state index in [0.29, 0.717) is 22.8 Å². The third-order valence-corrected chi connectivity index (χ3v) is 3.77. The molecule has 0 heterocycles. The number of nitrogens with one attached hydrogen (secondary N) is 1. The number of unbranched alkanes of at least 4 members (excludes halogenated alkanes) is 1. The van der Waals surface area contributed by atoms with Crippen LogP contribution < -0.4 is 5.32 Å². The van der Waals surface area contributed by atoms with Gasteiger partial charge in [0.1, 0.15) is 6.04 Å². The van der Waals surface area contributed by atoms with E-state index in [2.05, 4.69) is 5.32 Å². The van der Waals surface area contributed by atoms with Crippen LogP contribution in [0.5, 0.6) is 0 Å². The Kier molecular flexibility index (Phi) is 6.82. The largest absolute Gasteiger partial charge is 0.450 e. The molecule has 0 saturated heterocycles. The number of carbonyl (C=O) groups is 2. The Balaban J connectivity index is 2.19. The van der Waals surface area contributed by atoms with E-state index in [4.69, 9.17) is 16.3 Å². The maximum absolute atomic E-state index is 12.8. The number of benzene rings is 2. The van der Waals surface area contributed by atoms with Crippen molar-refractivity contribution in [3.05, 3.63) is 70.7 Å². The molecular weight excluding hydrogens is 326 g/mol. The quantitative estimate of drug-likeness (QED) is 0.579. The summed E-state index contributed by atoms with van der Waals surface area (Å²) in [5.74, 6) is -0.203. The molecule has 0 aliphatic carbocycles. The average Bonchev–Trinajstić information content (AvgIpc) is 2.61. The highest BCUT2D eigenvalue weighted by atomic mass is 35.5. The number of ketones is 1. The first-order chi connectivity index (χ1) is 11.6. The normalized spacial score (nSPS) is 11.6. The van der Waals surface area contributed by atoms with Gasteiger partial charge in [-0.1, -0.05) is 67.4 Å². The van der Waals surface area contributed by atoms with E-state index in [1.165, 1.54) is 0 Å². The van der Waals surface area contributed by atoms with Crippen molar-refractivity contribution in [1.29, 1.82) is 0 Å². The molecule has 2 aromatic carbocycles. The van der Waals surface area contributed by atoms with Gasteiger partial charge in [0, 0.05) is 10.6 Å². The summed E-state index contributed by atoms with van der Waals surface area (Å²) in [7, 11) is 0. The zero-order valence-electron chi connectivity index (χ0n) is 13.5. The molecule has 126 valence electrons. The molecule has 0 aromatic heterocycles. The fourth-order valence-corrected chi connectivity index (χ4v) is 2.32. The number of hydrogen-bond donors (Lipinski definition) is 1. The fourth-order valence-electron chi connectivity index (χ4n) is 2.19. The molecule has 0 aliphatic rings. The van der Waals surface area contributed by atoms with Gasteiger partial charge < -0.3 is 10.1 Å². The Morgan fingerprint density at radius 2 is 1.75 bits per heavy atom. The standard InChI is InChI=1S/C19H20ClNO3/c1-2-3-13-24-19(23)21-17(14-9-11-16(20)12-10-14)18(22)15-7-5-4-6-8-15/h4-12,17H,2-3,13H2,1H3,(H,21,23). The van der Waals surface area contributed by atoms with Crippen molar-refractivity contribution in [2.24, 2.45) is 0 Å². The third-order valence-electron chi connectivity index (χ3n) is 3.52. The summed E-state index contributed by atoms with van der Waals surface area (Å²) in [4.78, 5) is 24.8. The minimum atomic E-state index is -0.821. The molecule has 1 N–H and O–H groups in total. The second-order valence-electron chi connectivity index (χ2n) is 5.35. The predicted molar refractivity (Wildman–Crippen MR) is 94.4 cm³/mol. The van der Waals surface area contributed by atoms with Crippen molar-refractivity contribution >= 4 is 23.5 Å². The highest BCUT2D eigenvalue weighted by Gasteiger charge is 2.24. The number of ether oxygens (including phenoxy) is 1. The van der Waals surface area contributed by atoms with Crippen molar-refractivity contribution < 1.29 is 14.3 Å². The van der Waals surface area contributed by atoms with E-state index in [0.717, 1.165) is 12.8 Å². The first-order valence-corrected chi connectivity index (χ1v) is 8.27. The molecule has 1 amide bonds. The van der Waals surface area contributed by atoms with Gasteiger partial charge in [-0.15, -0.1) is 0 Å². The second-order valence-corrected chi connectivity index (χ2v) is 5.79. The summed E-state index contributed by atoms with van der Waals surface area (Å²) < 4.78 is 5.12. The van der Waals surface area contributed by atoms with E-state index < -0.39 is 12.1 Å². The molecule has 2 rings (SSSR count). The second kappa shape index (κ2) is 9.08. The Morgan fingerprint density at radius 3 is 2.38 bits per heavy atom. The van der Waals surface area contributed by atoms with Gasteiger partial charge in [-0.05, 0) is 24.1 Å². The Bertz CT molecular complexity index is 671. The molecule has 0 saturated carbocycles. The van der Waals surface area contributed by atoms with Crippen LogP contribution >= 0.6 is 11.6 Å². The van der Waals surface area contributed by atoms with E-state index in [1.807, 2.05) is 13.0 Å². The molecule has 5 heteroatoms. The van der Waals surface area contributed by atoms with E-state index in [-0.39, 0.29) is 5.78 Å². The monoisotopic (exact) mass is 345 g/mol. The molecule has 4 nitrogen and oxygen atoms in total. The predicted octanol–water partition coefficient (Wildman–Crippen LogP) is 4.79. The Morgan fingerprint density at radius 1 is 1.08 bits per heavy atom. The zero-order chi connectivity index (χ0) is 17.4. The van der Waals surface area contributed by atoms with Crippen molar-refractivity contribution in [3.63, 3.8) is 0 Å². The minimum Gasteiger partial charge on any atom is -0.450 e. The van der Waals surface area contributed by atoms with E-state index in [1.54, 1.807) is 48.5 Å². The van der Waals surface area contributed by atoms with E-state index >= 15 is 0 Å². The molecule has 1 unspecified atom stereocenters. The molecule has 1 atom stereocenters. The summed E-state index contributed by atoms with van der Waals surface area (Å²) in [6.07, 6.45) is 1.11. The van der Waals surface area contributed by atoms with Crippen molar-refractivity contribution in [2.75, 3.05) is 6.61 Å². The lowest BCUT2D eigenvalue weighted by Crippen LogP contribution is -2.34. The average molecular weight is 346 g/mol. The number of rotatable bonds is 7. The van der Waals surface area contributed by atoms with Crippen LogP contribution in [0.15, 0.2) is 54.6 Å². The van der Waals surface area contributed by atoms with Gasteiger partial charge in [-0.3, -0.25) is 4.79 Å². The number of Topliss-reactive ketones (excluding diaryl/α,β-unsaturated/α-hetero) is 1. The number of hydrogen-bond acceptors (Lipinski definition) is 3. The summed E-state index contributed by atoms with van der Waals surface area (Å²) in [5, 5.41) is 3.22. The summed E-state index contributed by atoms with van der Waals surface area (Å²) >= 11 is 5.91. The zero-order valence-corrected chi connectivity index (χ0v) is 14.3. The van der Waals surface area contributed by atoms with Crippen LogP contribution in [0.1, 0.15) is 41.7 Å². The molecule has 24 heavy (non-hydrogen) atoms. The van der Waals surface area contributed by atoms with Crippen LogP contribution in [0.25, 0.3) is 0 Å². The topological polar surface area (TPSA) is 55.4 Å².